The van der Waals surface area contributed by atoms with E-state index in [-0.39, 0.29) is 24.3 Å². The Morgan fingerprint density at radius 1 is 1.59 bits per heavy atom. The van der Waals surface area contributed by atoms with Crippen molar-refractivity contribution in [2.75, 3.05) is 6.54 Å². The van der Waals surface area contributed by atoms with Gasteiger partial charge in [0.25, 0.3) is 11.6 Å². The Morgan fingerprint density at radius 3 is 2.73 bits per heavy atom. The lowest BCUT2D eigenvalue weighted by molar-refractivity contribution is -0.385. The monoisotopic (exact) mass is 308 g/mol. The molecule has 1 heterocycles. The molecule has 1 atom stereocenters. The number of fused-ring (bicyclic) bond motifs is 1. The van der Waals surface area contributed by atoms with Crippen molar-refractivity contribution >= 4 is 17.7 Å². The van der Waals surface area contributed by atoms with Crippen LogP contribution in [0.2, 0.25) is 0 Å². The second kappa shape index (κ2) is 5.49. The first kappa shape index (κ1) is 16.1. The maximum Gasteiger partial charge on any atom is 0.276 e. The third-order valence-corrected chi connectivity index (χ3v) is 3.70. The van der Waals surface area contributed by atoms with Crippen LogP contribution in [0.3, 0.4) is 0 Å². The molecule has 7 heteroatoms. The highest BCUT2D eigenvalue weighted by Crippen LogP contribution is 2.31. The minimum atomic E-state index is -1.61. The first-order valence-corrected chi connectivity index (χ1v) is 6.74. The van der Waals surface area contributed by atoms with Crippen LogP contribution >= 0.6 is 0 Å². The molecule has 1 amide bonds. The first-order valence-electron chi connectivity index (χ1n) is 6.74. The Morgan fingerprint density at radius 2 is 2.23 bits per heavy atom. The van der Waals surface area contributed by atoms with Gasteiger partial charge in [0, 0.05) is 18.2 Å². The number of hydrogen-bond acceptors (Lipinski definition) is 4. The highest BCUT2D eigenvalue weighted by molar-refractivity contribution is 5.99. The number of carbonyl (C=O) groups is 1. The summed E-state index contributed by atoms with van der Waals surface area (Å²) in [6.45, 7) is 5.97. The third kappa shape index (κ3) is 2.85. The number of amides is 1. The molecule has 2 rings (SSSR count). The van der Waals surface area contributed by atoms with Crippen molar-refractivity contribution in [3.05, 3.63) is 45.5 Å². The Labute approximate surface area is 127 Å². The first-order chi connectivity index (χ1) is 10.1. The fraction of sp³-hybridized carbons (Fsp3) is 0.400. The average Bonchev–Trinajstić information content (AvgIpc) is 2.72. The van der Waals surface area contributed by atoms with Crippen LogP contribution in [0.15, 0.2) is 18.7 Å². The number of nitrogens with zero attached hydrogens (tertiary/aromatic N) is 2. The van der Waals surface area contributed by atoms with Crippen LogP contribution < -0.4 is 0 Å². The molecule has 1 aliphatic heterocycles. The van der Waals surface area contributed by atoms with Crippen LogP contribution in [0.5, 0.6) is 0 Å². The number of aliphatic hydroxyl groups is 1. The Kier molecular flexibility index (Phi) is 4.02. The molecule has 1 N–H and O–H groups in total. The predicted octanol–water partition coefficient (Wildman–Crippen LogP) is 2.30. The van der Waals surface area contributed by atoms with Crippen molar-refractivity contribution in [2.24, 2.45) is 0 Å². The van der Waals surface area contributed by atoms with Gasteiger partial charge in [0.05, 0.1) is 22.6 Å². The van der Waals surface area contributed by atoms with Gasteiger partial charge in [-0.3, -0.25) is 14.9 Å². The molecule has 0 fully saturated rings. The molecule has 0 aromatic heterocycles. The zero-order valence-corrected chi connectivity index (χ0v) is 12.4. The molecule has 118 valence electrons. The van der Waals surface area contributed by atoms with Crippen LogP contribution in [0.1, 0.15) is 35.3 Å². The van der Waals surface area contributed by atoms with E-state index in [0.717, 1.165) is 0 Å². The number of alkyl halides is 1. The fourth-order valence-corrected chi connectivity index (χ4v) is 2.31. The van der Waals surface area contributed by atoms with E-state index in [1.54, 1.807) is 0 Å². The highest BCUT2D eigenvalue weighted by Gasteiger charge is 2.35. The minimum absolute atomic E-state index is 0.0862. The smallest absolute Gasteiger partial charge is 0.276 e. The molecular weight excluding hydrogens is 291 g/mol. The van der Waals surface area contributed by atoms with Gasteiger partial charge in [-0.05, 0) is 25.5 Å². The molecule has 0 spiro atoms. The van der Waals surface area contributed by atoms with Crippen molar-refractivity contribution in [1.82, 2.24) is 4.90 Å². The molecular formula is C15H17FN2O4. The molecule has 1 aromatic rings. The molecule has 0 saturated heterocycles. The van der Waals surface area contributed by atoms with Gasteiger partial charge in [-0.25, -0.2) is 4.39 Å². The zero-order valence-electron chi connectivity index (χ0n) is 12.4. The summed E-state index contributed by atoms with van der Waals surface area (Å²) < 4.78 is 13.9. The van der Waals surface area contributed by atoms with Gasteiger partial charge < -0.3 is 10.0 Å². The van der Waals surface area contributed by atoms with E-state index >= 15 is 0 Å². The SMILES string of the molecule is C=Cc1cc2c(cc1[N+](=O)[O-])CN(CC(F)C(C)(C)O)C2=O. The van der Waals surface area contributed by atoms with E-state index in [1.807, 2.05) is 0 Å². The molecule has 1 aliphatic rings. The summed E-state index contributed by atoms with van der Waals surface area (Å²) in [6, 6.07) is 2.72. The predicted molar refractivity (Wildman–Crippen MR) is 79.1 cm³/mol. The van der Waals surface area contributed by atoms with E-state index in [2.05, 4.69) is 6.58 Å². The summed E-state index contributed by atoms with van der Waals surface area (Å²) in [7, 11) is 0. The van der Waals surface area contributed by atoms with Gasteiger partial charge in [-0.15, -0.1) is 0 Å². The number of halogens is 1. The molecule has 0 aliphatic carbocycles. The number of nitro benzene ring substituents is 1. The van der Waals surface area contributed by atoms with Gasteiger partial charge in [0.1, 0.15) is 6.17 Å². The topological polar surface area (TPSA) is 83.7 Å². The maximum absolute atomic E-state index is 13.9. The summed E-state index contributed by atoms with van der Waals surface area (Å²) in [5.74, 6) is -0.403. The lowest BCUT2D eigenvalue weighted by atomic mass is 10.0. The molecule has 1 unspecified atom stereocenters. The standard InChI is InChI=1S/C15H17FN2O4/c1-4-9-5-11-10(6-12(9)18(21)22)7-17(14(11)19)8-13(16)15(2,3)20/h4-6,13,20H,1,7-8H2,2-3H3. The summed E-state index contributed by atoms with van der Waals surface area (Å²) in [4.78, 5) is 24.0. The van der Waals surface area contributed by atoms with Crippen molar-refractivity contribution in [1.29, 1.82) is 0 Å². The molecule has 0 saturated carbocycles. The highest BCUT2D eigenvalue weighted by atomic mass is 19.1. The Bertz CT molecular complexity index is 652. The Hall–Kier alpha value is -2.28. The van der Waals surface area contributed by atoms with Gasteiger partial charge in [0.15, 0.2) is 0 Å². The van der Waals surface area contributed by atoms with Crippen molar-refractivity contribution in [3.63, 3.8) is 0 Å². The van der Waals surface area contributed by atoms with Gasteiger partial charge >= 0.3 is 0 Å². The molecule has 1 aromatic carbocycles. The summed E-state index contributed by atoms with van der Waals surface area (Å²) >= 11 is 0. The largest absolute Gasteiger partial charge is 0.387 e. The minimum Gasteiger partial charge on any atom is -0.387 e. The second-order valence-corrected chi connectivity index (χ2v) is 5.84. The summed E-state index contributed by atoms with van der Waals surface area (Å²) in [5, 5.41) is 20.7. The second-order valence-electron chi connectivity index (χ2n) is 5.84. The summed E-state index contributed by atoms with van der Waals surface area (Å²) in [6.07, 6.45) is -0.303. The number of nitro groups is 1. The number of carbonyl (C=O) groups excluding carboxylic acids is 1. The number of benzene rings is 1. The summed E-state index contributed by atoms with van der Waals surface area (Å²) in [5.41, 5.74) is -0.664. The number of hydrogen-bond donors (Lipinski definition) is 1. The maximum atomic E-state index is 13.9. The van der Waals surface area contributed by atoms with E-state index < -0.39 is 22.6 Å². The molecule has 6 nitrogen and oxygen atoms in total. The van der Waals surface area contributed by atoms with Crippen LogP contribution in [0, 0.1) is 10.1 Å². The van der Waals surface area contributed by atoms with Crippen LogP contribution in [-0.2, 0) is 6.54 Å². The van der Waals surface area contributed by atoms with E-state index in [4.69, 9.17) is 0 Å². The third-order valence-electron chi connectivity index (χ3n) is 3.70. The Balaban J connectivity index is 2.32. The van der Waals surface area contributed by atoms with Crippen LogP contribution in [-0.4, -0.2) is 39.2 Å². The average molecular weight is 308 g/mol. The zero-order chi connectivity index (χ0) is 16.7. The van der Waals surface area contributed by atoms with Gasteiger partial charge in [-0.1, -0.05) is 12.7 Å². The molecule has 0 radical (unpaired) electrons. The van der Waals surface area contributed by atoms with Gasteiger partial charge in [0.2, 0.25) is 0 Å². The van der Waals surface area contributed by atoms with Crippen LogP contribution in [0.4, 0.5) is 10.1 Å². The van der Waals surface area contributed by atoms with Crippen molar-refractivity contribution in [3.8, 4) is 0 Å². The van der Waals surface area contributed by atoms with Crippen molar-refractivity contribution < 1.29 is 19.2 Å². The van der Waals surface area contributed by atoms with E-state index in [1.165, 1.54) is 37.0 Å². The van der Waals surface area contributed by atoms with Crippen molar-refractivity contribution in [2.45, 2.75) is 32.2 Å². The molecule has 0 bridgehead atoms. The number of rotatable bonds is 5. The van der Waals surface area contributed by atoms with Crippen LogP contribution in [0.25, 0.3) is 6.08 Å². The fourth-order valence-electron chi connectivity index (χ4n) is 2.31. The van der Waals surface area contributed by atoms with Gasteiger partial charge in [-0.2, -0.15) is 0 Å². The molecule has 22 heavy (non-hydrogen) atoms. The van der Waals surface area contributed by atoms with E-state index in [0.29, 0.717) is 11.1 Å². The normalized spacial score (nSPS) is 15.6. The lowest BCUT2D eigenvalue weighted by Gasteiger charge is -2.26. The lowest BCUT2D eigenvalue weighted by Crippen LogP contribution is -2.42. The van der Waals surface area contributed by atoms with E-state index in [9.17, 15) is 24.4 Å². The quantitative estimate of drug-likeness (QED) is 0.668.